The van der Waals surface area contributed by atoms with Gasteiger partial charge in [-0.3, -0.25) is 0 Å². The summed E-state index contributed by atoms with van der Waals surface area (Å²) in [6.45, 7) is 9.11. The van der Waals surface area contributed by atoms with Crippen molar-refractivity contribution in [2.45, 2.75) is 65.2 Å². The highest BCUT2D eigenvalue weighted by atomic mass is 16.5. The van der Waals surface area contributed by atoms with Crippen molar-refractivity contribution in [3.05, 3.63) is 0 Å². The number of hydrogen-bond acceptors (Lipinski definition) is 2. The van der Waals surface area contributed by atoms with Gasteiger partial charge in [0.1, 0.15) is 0 Å². The molecule has 3 unspecified atom stereocenters. The summed E-state index contributed by atoms with van der Waals surface area (Å²) in [5, 5.41) is 3.68. The number of nitrogens with one attached hydrogen (secondary N) is 1. The summed E-state index contributed by atoms with van der Waals surface area (Å²) in [6, 6.07) is 0. The van der Waals surface area contributed by atoms with Gasteiger partial charge in [-0.25, -0.2) is 0 Å². The van der Waals surface area contributed by atoms with E-state index in [1.807, 2.05) is 0 Å². The first-order valence-corrected chi connectivity index (χ1v) is 9.11. The van der Waals surface area contributed by atoms with Crippen molar-refractivity contribution >= 4 is 0 Å². The molecular weight excluding hydrogens is 246 g/mol. The summed E-state index contributed by atoms with van der Waals surface area (Å²) in [7, 11) is 0. The topological polar surface area (TPSA) is 21.3 Å². The monoisotopic (exact) mass is 281 g/mol. The minimum atomic E-state index is 0.937. The molecule has 2 fully saturated rings. The first-order chi connectivity index (χ1) is 9.83. The molecule has 20 heavy (non-hydrogen) atoms. The van der Waals surface area contributed by atoms with E-state index in [1.165, 1.54) is 64.5 Å². The summed E-state index contributed by atoms with van der Waals surface area (Å²) in [4.78, 5) is 0. The molecule has 118 valence electrons. The molecule has 1 heterocycles. The quantitative estimate of drug-likeness (QED) is 0.705. The fraction of sp³-hybridized carbons (Fsp3) is 1.00. The maximum atomic E-state index is 5.53. The van der Waals surface area contributed by atoms with E-state index in [0.717, 1.165) is 36.9 Å². The predicted octanol–water partition coefficient (Wildman–Crippen LogP) is 4.25. The van der Waals surface area contributed by atoms with E-state index in [-0.39, 0.29) is 0 Å². The Kier molecular flexibility index (Phi) is 7.37. The van der Waals surface area contributed by atoms with Crippen LogP contribution in [-0.2, 0) is 4.74 Å². The third-order valence-electron chi connectivity index (χ3n) is 5.64. The standard InChI is InChI=1S/C18H35NO/c1-3-9-19-14-17-6-5-15(4-2)12-18(17)13-16-7-10-20-11-8-16/h15-19H,3-14H2,1-2H3. The molecule has 1 N–H and O–H groups in total. The van der Waals surface area contributed by atoms with Crippen molar-refractivity contribution in [3.63, 3.8) is 0 Å². The molecule has 0 spiro atoms. The van der Waals surface area contributed by atoms with Crippen LogP contribution < -0.4 is 5.32 Å². The molecule has 1 aliphatic carbocycles. The molecule has 2 heteroatoms. The number of hydrogen-bond donors (Lipinski definition) is 1. The summed E-state index contributed by atoms with van der Waals surface area (Å²) in [6.07, 6.45) is 11.2. The van der Waals surface area contributed by atoms with Crippen LogP contribution in [0.5, 0.6) is 0 Å². The van der Waals surface area contributed by atoms with Gasteiger partial charge in [0.2, 0.25) is 0 Å². The summed E-state index contributed by atoms with van der Waals surface area (Å²) in [5.41, 5.74) is 0. The highest BCUT2D eigenvalue weighted by Crippen LogP contribution is 2.40. The molecule has 0 amide bonds. The highest BCUT2D eigenvalue weighted by Gasteiger charge is 2.31. The van der Waals surface area contributed by atoms with Gasteiger partial charge in [-0.1, -0.05) is 26.7 Å². The smallest absolute Gasteiger partial charge is 0.0468 e. The maximum Gasteiger partial charge on any atom is 0.0468 e. The van der Waals surface area contributed by atoms with E-state index < -0.39 is 0 Å². The van der Waals surface area contributed by atoms with E-state index >= 15 is 0 Å². The van der Waals surface area contributed by atoms with Crippen molar-refractivity contribution in [2.24, 2.45) is 23.7 Å². The first kappa shape index (κ1) is 16.3. The van der Waals surface area contributed by atoms with Gasteiger partial charge in [0.05, 0.1) is 0 Å². The van der Waals surface area contributed by atoms with Gasteiger partial charge in [-0.05, 0) is 75.3 Å². The molecule has 3 atom stereocenters. The summed E-state index contributed by atoms with van der Waals surface area (Å²) >= 11 is 0. The fourth-order valence-corrected chi connectivity index (χ4v) is 4.23. The molecular formula is C18H35NO. The third kappa shape index (κ3) is 5.04. The second-order valence-corrected chi connectivity index (χ2v) is 7.10. The van der Waals surface area contributed by atoms with Crippen molar-refractivity contribution in [1.29, 1.82) is 0 Å². The molecule has 0 aromatic heterocycles. The Hall–Kier alpha value is -0.0800. The zero-order chi connectivity index (χ0) is 14.2. The Morgan fingerprint density at radius 1 is 0.950 bits per heavy atom. The van der Waals surface area contributed by atoms with Crippen molar-refractivity contribution in [2.75, 3.05) is 26.3 Å². The Balaban J connectivity index is 1.83. The zero-order valence-corrected chi connectivity index (χ0v) is 13.7. The highest BCUT2D eigenvalue weighted by molar-refractivity contribution is 4.83. The van der Waals surface area contributed by atoms with Crippen LogP contribution >= 0.6 is 0 Å². The first-order valence-electron chi connectivity index (χ1n) is 9.11. The Morgan fingerprint density at radius 3 is 2.45 bits per heavy atom. The van der Waals surface area contributed by atoms with Gasteiger partial charge >= 0.3 is 0 Å². The van der Waals surface area contributed by atoms with Crippen LogP contribution in [0.15, 0.2) is 0 Å². The molecule has 1 aliphatic heterocycles. The van der Waals surface area contributed by atoms with E-state index in [0.29, 0.717) is 0 Å². The van der Waals surface area contributed by atoms with Crippen molar-refractivity contribution in [1.82, 2.24) is 5.32 Å². The lowest BCUT2D eigenvalue weighted by Gasteiger charge is -2.38. The Bertz CT molecular complexity index is 248. The second kappa shape index (κ2) is 9.04. The van der Waals surface area contributed by atoms with Crippen LogP contribution in [0.1, 0.15) is 65.2 Å². The molecule has 2 nitrogen and oxygen atoms in total. The summed E-state index contributed by atoms with van der Waals surface area (Å²) in [5.74, 6) is 3.86. The second-order valence-electron chi connectivity index (χ2n) is 7.10. The van der Waals surface area contributed by atoms with Crippen LogP contribution in [0, 0.1) is 23.7 Å². The van der Waals surface area contributed by atoms with Crippen LogP contribution in [0.25, 0.3) is 0 Å². The minimum absolute atomic E-state index is 0.937. The average molecular weight is 281 g/mol. The Labute approximate surface area is 126 Å². The lowest BCUT2D eigenvalue weighted by molar-refractivity contribution is 0.0462. The summed E-state index contributed by atoms with van der Waals surface area (Å²) < 4.78 is 5.53. The van der Waals surface area contributed by atoms with Crippen molar-refractivity contribution < 1.29 is 4.74 Å². The molecule has 0 aromatic rings. The van der Waals surface area contributed by atoms with Crippen molar-refractivity contribution in [3.8, 4) is 0 Å². The predicted molar refractivity (Wildman–Crippen MR) is 85.9 cm³/mol. The number of rotatable bonds is 7. The van der Waals surface area contributed by atoms with Crippen LogP contribution in [-0.4, -0.2) is 26.3 Å². The van der Waals surface area contributed by atoms with E-state index in [4.69, 9.17) is 4.74 Å². The molecule has 1 saturated heterocycles. The number of ether oxygens (including phenoxy) is 1. The van der Waals surface area contributed by atoms with E-state index in [9.17, 15) is 0 Å². The largest absolute Gasteiger partial charge is 0.381 e. The van der Waals surface area contributed by atoms with Gasteiger partial charge in [0.15, 0.2) is 0 Å². The normalized spacial score (nSPS) is 32.4. The van der Waals surface area contributed by atoms with Gasteiger partial charge in [0, 0.05) is 13.2 Å². The maximum absolute atomic E-state index is 5.53. The third-order valence-corrected chi connectivity index (χ3v) is 5.64. The lowest BCUT2D eigenvalue weighted by atomic mass is 9.69. The molecule has 1 saturated carbocycles. The van der Waals surface area contributed by atoms with Gasteiger partial charge in [0.25, 0.3) is 0 Å². The fourth-order valence-electron chi connectivity index (χ4n) is 4.23. The zero-order valence-electron chi connectivity index (χ0n) is 13.7. The van der Waals surface area contributed by atoms with Gasteiger partial charge in [-0.15, -0.1) is 0 Å². The molecule has 0 aromatic carbocycles. The minimum Gasteiger partial charge on any atom is -0.381 e. The van der Waals surface area contributed by atoms with Crippen LogP contribution in [0.4, 0.5) is 0 Å². The molecule has 0 radical (unpaired) electrons. The van der Waals surface area contributed by atoms with Gasteiger partial charge in [-0.2, -0.15) is 0 Å². The SMILES string of the molecule is CCCNCC1CCC(CC)CC1CC1CCOCC1. The van der Waals surface area contributed by atoms with Gasteiger partial charge < -0.3 is 10.1 Å². The lowest BCUT2D eigenvalue weighted by Crippen LogP contribution is -2.35. The molecule has 2 aliphatic rings. The van der Waals surface area contributed by atoms with Crippen LogP contribution in [0.2, 0.25) is 0 Å². The molecule has 0 bridgehead atoms. The van der Waals surface area contributed by atoms with E-state index in [2.05, 4.69) is 19.2 Å². The van der Waals surface area contributed by atoms with E-state index in [1.54, 1.807) is 0 Å². The molecule has 2 rings (SSSR count). The average Bonchev–Trinajstić information content (AvgIpc) is 2.50. The Morgan fingerprint density at radius 2 is 1.75 bits per heavy atom. The van der Waals surface area contributed by atoms with Crippen LogP contribution in [0.3, 0.4) is 0 Å².